The first-order chi connectivity index (χ1) is 5.11. The van der Waals surface area contributed by atoms with Crippen LogP contribution in [-0.2, 0) is 4.79 Å². The highest BCUT2D eigenvalue weighted by atomic mass is 16.3. The summed E-state index contributed by atoms with van der Waals surface area (Å²) in [7, 11) is 0. The molecule has 64 valence electrons. The van der Waals surface area contributed by atoms with E-state index in [1.54, 1.807) is 0 Å². The van der Waals surface area contributed by atoms with Crippen LogP contribution in [0.4, 0.5) is 0 Å². The van der Waals surface area contributed by atoms with Crippen LogP contribution >= 0.6 is 0 Å². The fraction of sp³-hybridized carbons (Fsp3) is 0.875. The standard InChI is InChI=1S/C8H15NO2/c1-6-5-9-7(11)8(6,2)3-4-10/h6,10H,3-5H2,1-2H3,(H,9,11)/t6-,8+/m1/s1. The summed E-state index contributed by atoms with van der Waals surface area (Å²) >= 11 is 0. The third kappa shape index (κ3) is 1.25. The van der Waals surface area contributed by atoms with Gasteiger partial charge in [-0.15, -0.1) is 0 Å². The average molecular weight is 157 g/mol. The van der Waals surface area contributed by atoms with Crippen LogP contribution in [0.3, 0.4) is 0 Å². The van der Waals surface area contributed by atoms with Crippen LogP contribution in [0, 0.1) is 11.3 Å². The maximum atomic E-state index is 11.3. The molecule has 0 aromatic carbocycles. The number of rotatable bonds is 2. The van der Waals surface area contributed by atoms with Gasteiger partial charge in [-0.25, -0.2) is 0 Å². The van der Waals surface area contributed by atoms with Gasteiger partial charge in [0.1, 0.15) is 0 Å². The van der Waals surface area contributed by atoms with Crippen molar-refractivity contribution in [1.82, 2.24) is 5.32 Å². The third-order valence-corrected chi connectivity index (χ3v) is 2.81. The van der Waals surface area contributed by atoms with Gasteiger partial charge in [-0.05, 0) is 12.3 Å². The van der Waals surface area contributed by atoms with Gasteiger partial charge < -0.3 is 10.4 Å². The summed E-state index contributed by atoms with van der Waals surface area (Å²) in [5, 5.41) is 11.5. The van der Waals surface area contributed by atoms with E-state index in [1.807, 2.05) is 13.8 Å². The minimum absolute atomic E-state index is 0.0825. The Kier molecular flexibility index (Phi) is 2.18. The summed E-state index contributed by atoms with van der Waals surface area (Å²) in [6.07, 6.45) is 0.569. The number of aliphatic hydroxyl groups is 1. The molecule has 3 heteroatoms. The number of hydrogen-bond acceptors (Lipinski definition) is 2. The zero-order valence-electron chi connectivity index (χ0n) is 7.05. The van der Waals surface area contributed by atoms with Gasteiger partial charge in [0, 0.05) is 13.2 Å². The molecular formula is C8H15NO2. The number of carbonyl (C=O) groups excluding carboxylic acids is 1. The van der Waals surface area contributed by atoms with Crippen LogP contribution in [0.15, 0.2) is 0 Å². The molecule has 1 rings (SSSR count). The van der Waals surface area contributed by atoms with Gasteiger partial charge in [0.2, 0.25) is 5.91 Å². The molecule has 0 bridgehead atoms. The van der Waals surface area contributed by atoms with Crippen LogP contribution < -0.4 is 5.32 Å². The second-order valence-corrected chi connectivity index (χ2v) is 3.50. The number of nitrogens with one attached hydrogen (secondary N) is 1. The van der Waals surface area contributed by atoms with Gasteiger partial charge in [-0.2, -0.15) is 0 Å². The molecule has 11 heavy (non-hydrogen) atoms. The summed E-state index contributed by atoms with van der Waals surface area (Å²) in [5.41, 5.74) is -0.339. The topological polar surface area (TPSA) is 49.3 Å². The Labute approximate surface area is 66.8 Å². The number of amides is 1. The first-order valence-corrected chi connectivity index (χ1v) is 4.00. The van der Waals surface area contributed by atoms with Crippen LogP contribution in [-0.4, -0.2) is 24.2 Å². The van der Waals surface area contributed by atoms with E-state index in [0.717, 1.165) is 6.54 Å². The first-order valence-electron chi connectivity index (χ1n) is 4.00. The van der Waals surface area contributed by atoms with E-state index in [4.69, 9.17) is 5.11 Å². The Hall–Kier alpha value is -0.570. The van der Waals surface area contributed by atoms with Crippen molar-refractivity contribution in [2.24, 2.45) is 11.3 Å². The normalized spacial score (nSPS) is 37.4. The largest absolute Gasteiger partial charge is 0.396 e. The van der Waals surface area contributed by atoms with Gasteiger partial charge in [0.05, 0.1) is 5.41 Å². The van der Waals surface area contributed by atoms with Gasteiger partial charge >= 0.3 is 0 Å². The smallest absolute Gasteiger partial charge is 0.226 e. The van der Waals surface area contributed by atoms with Crippen LogP contribution in [0.2, 0.25) is 0 Å². The molecule has 0 unspecified atom stereocenters. The Morgan fingerprint density at radius 1 is 1.82 bits per heavy atom. The fourth-order valence-electron chi connectivity index (χ4n) is 1.49. The van der Waals surface area contributed by atoms with Crippen molar-refractivity contribution in [2.75, 3.05) is 13.2 Å². The van der Waals surface area contributed by atoms with Crippen molar-refractivity contribution < 1.29 is 9.90 Å². The van der Waals surface area contributed by atoms with Crippen molar-refractivity contribution >= 4 is 5.91 Å². The maximum absolute atomic E-state index is 11.3. The molecule has 0 saturated carbocycles. The van der Waals surface area contributed by atoms with Crippen molar-refractivity contribution in [3.63, 3.8) is 0 Å². The summed E-state index contributed by atoms with van der Waals surface area (Å²) in [6.45, 7) is 4.79. The Bertz CT molecular complexity index is 169. The summed E-state index contributed by atoms with van der Waals surface area (Å²) in [6, 6.07) is 0. The van der Waals surface area contributed by atoms with Crippen LogP contribution in [0.1, 0.15) is 20.3 Å². The van der Waals surface area contributed by atoms with Crippen molar-refractivity contribution in [2.45, 2.75) is 20.3 Å². The SMILES string of the molecule is C[C@@H]1CNC(=O)[C@@]1(C)CCO. The van der Waals surface area contributed by atoms with Crippen LogP contribution in [0.25, 0.3) is 0 Å². The van der Waals surface area contributed by atoms with Crippen molar-refractivity contribution in [3.05, 3.63) is 0 Å². The molecule has 2 atom stereocenters. The van der Waals surface area contributed by atoms with Gasteiger partial charge in [-0.3, -0.25) is 4.79 Å². The zero-order chi connectivity index (χ0) is 8.48. The van der Waals surface area contributed by atoms with E-state index in [2.05, 4.69) is 5.32 Å². The van der Waals surface area contributed by atoms with E-state index in [0.29, 0.717) is 12.3 Å². The summed E-state index contributed by atoms with van der Waals surface area (Å²) in [4.78, 5) is 11.3. The molecule has 2 N–H and O–H groups in total. The molecule has 0 aromatic heterocycles. The van der Waals surface area contributed by atoms with E-state index in [9.17, 15) is 4.79 Å². The zero-order valence-corrected chi connectivity index (χ0v) is 7.05. The Morgan fingerprint density at radius 3 is 2.82 bits per heavy atom. The lowest BCUT2D eigenvalue weighted by atomic mass is 9.78. The molecule has 1 fully saturated rings. The lowest BCUT2D eigenvalue weighted by Gasteiger charge is -2.24. The highest BCUT2D eigenvalue weighted by molar-refractivity contribution is 5.84. The molecule has 0 aromatic rings. The molecule has 3 nitrogen and oxygen atoms in total. The van der Waals surface area contributed by atoms with Crippen LogP contribution in [0.5, 0.6) is 0 Å². The minimum Gasteiger partial charge on any atom is -0.396 e. The van der Waals surface area contributed by atoms with E-state index >= 15 is 0 Å². The third-order valence-electron chi connectivity index (χ3n) is 2.81. The predicted molar refractivity (Wildman–Crippen MR) is 42.0 cm³/mol. The van der Waals surface area contributed by atoms with Gasteiger partial charge in [0.15, 0.2) is 0 Å². The Morgan fingerprint density at radius 2 is 2.45 bits per heavy atom. The van der Waals surface area contributed by atoms with Gasteiger partial charge in [-0.1, -0.05) is 13.8 Å². The molecule has 0 radical (unpaired) electrons. The fourth-order valence-corrected chi connectivity index (χ4v) is 1.49. The van der Waals surface area contributed by atoms with Crippen molar-refractivity contribution in [1.29, 1.82) is 0 Å². The highest BCUT2D eigenvalue weighted by Crippen LogP contribution is 2.34. The minimum atomic E-state index is -0.339. The summed E-state index contributed by atoms with van der Waals surface area (Å²) in [5.74, 6) is 0.418. The molecule has 0 spiro atoms. The second kappa shape index (κ2) is 2.81. The molecular weight excluding hydrogens is 142 g/mol. The lowest BCUT2D eigenvalue weighted by Crippen LogP contribution is -2.32. The molecule has 1 aliphatic rings. The molecule has 1 aliphatic heterocycles. The average Bonchev–Trinajstić information content (AvgIpc) is 2.19. The van der Waals surface area contributed by atoms with Crippen molar-refractivity contribution in [3.8, 4) is 0 Å². The quantitative estimate of drug-likeness (QED) is 0.599. The number of aliphatic hydroxyl groups excluding tert-OH is 1. The maximum Gasteiger partial charge on any atom is 0.226 e. The number of carbonyl (C=O) groups is 1. The monoisotopic (exact) mass is 157 g/mol. The molecule has 1 amide bonds. The summed E-state index contributed by atoms with van der Waals surface area (Å²) < 4.78 is 0. The first kappa shape index (κ1) is 8.53. The van der Waals surface area contributed by atoms with E-state index < -0.39 is 0 Å². The van der Waals surface area contributed by atoms with E-state index in [1.165, 1.54) is 0 Å². The highest BCUT2D eigenvalue weighted by Gasteiger charge is 2.42. The molecule has 0 aliphatic carbocycles. The number of hydrogen-bond donors (Lipinski definition) is 2. The second-order valence-electron chi connectivity index (χ2n) is 3.50. The van der Waals surface area contributed by atoms with Gasteiger partial charge in [0.25, 0.3) is 0 Å². The molecule has 1 heterocycles. The predicted octanol–water partition coefficient (Wildman–Crippen LogP) is 0.141. The lowest BCUT2D eigenvalue weighted by molar-refractivity contribution is -0.128. The molecule has 1 saturated heterocycles. The Balaban J connectivity index is 2.71. The van der Waals surface area contributed by atoms with E-state index in [-0.39, 0.29) is 17.9 Å².